The van der Waals surface area contributed by atoms with E-state index in [1.54, 1.807) is 24.8 Å². The summed E-state index contributed by atoms with van der Waals surface area (Å²) in [5.74, 6) is -0.0516. The number of aromatic amines is 1. The van der Waals surface area contributed by atoms with E-state index in [1.807, 2.05) is 54.8 Å². The molecule has 5 aromatic heterocycles. The van der Waals surface area contributed by atoms with E-state index in [0.717, 1.165) is 38.5 Å². The zero-order valence-electron chi connectivity index (χ0n) is 20.9. The molecule has 2 amide bonds. The van der Waals surface area contributed by atoms with E-state index in [4.69, 9.17) is 9.40 Å². The van der Waals surface area contributed by atoms with Gasteiger partial charge in [0.15, 0.2) is 0 Å². The number of rotatable bonds is 7. The predicted molar refractivity (Wildman–Crippen MR) is 154 cm³/mol. The first-order chi connectivity index (χ1) is 19.6. The first-order valence-electron chi connectivity index (χ1n) is 12.1. The monoisotopic (exact) mass is 568 g/mol. The smallest absolute Gasteiger partial charge is 0.387 e. The molecule has 13 heteroatoms. The van der Waals surface area contributed by atoms with Crippen LogP contribution in [0, 0.1) is 0 Å². The molecule has 0 spiro atoms. The molecule has 40 heavy (non-hydrogen) atoms. The summed E-state index contributed by atoms with van der Waals surface area (Å²) < 4.78 is 5.05. The number of H-pyrrole nitrogens is 1. The third-order valence-corrected chi connectivity index (χ3v) is 7.65. The van der Waals surface area contributed by atoms with Crippen molar-refractivity contribution in [2.45, 2.75) is 6.92 Å². The van der Waals surface area contributed by atoms with E-state index in [-0.39, 0.29) is 11.9 Å². The van der Waals surface area contributed by atoms with Crippen LogP contribution in [-0.4, -0.2) is 42.7 Å². The topological polar surface area (TPSA) is 152 Å². The third-order valence-electron chi connectivity index (χ3n) is 5.74. The highest BCUT2D eigenvalue weighted by molar-refractivity contribution is 7.18. The maximum absolute atomic E-state index is 12.2. The second-order valence-corrected chi connectivity index (χ2v) is 10.3. The molecule has 0 fully saturated rings. The van der Waals surface area contributed by atoms with Gasteiger partial charge < -0.3 is 9.73 Å². The standard InChI is InChI=1S/C27H20N8O3S2/c1-2-29-26(36)33-22-9-18(25-32-20(14-39-25)15-6-4-3-5-7-15)19(12-30-22)16-8-17(11-28-10-16)24-31-13-21(40-24)23-34-35-27(37)38-23/h3-14H,2H2,1H3,(H,35,37)(H2,29,30,33,36). The number of carbonyl (C=O) groups is 1. The molecule has 0 aliphatic heterocycles. The second kappa shape index (κ2) is 11.0. The van der Waals surface area contributed by atoms with Gasteiger partial charge in [-0.05, 0) is 19.1 Å². The van der Waals surface area contributed by atoms with Gasteiger partial charge in [0.1, 0.15) is 20.7 Å². The van der Waals surface area contributed by atoms with Crippen LogP contribution in [0.25, 0.3) is 54.3 Å². The lowest BCUT2D eigenvalue weighted by molar-refractivity contribution is 0.252. The first kappa shape index (κ1) is 25.3. The number of thiazole rings is 2. The molecule has 0 atom stereocenters. The number of carbonyl (C=O) groups excluding carboxylic acids is 1. The largest absolute Gasteiger partial charge is 0.434 e. The minimum Gasteiger partial charge on any atom is -0.387 e. The number of aromatic nitrogens is 6. The summed E-state index contributed by atoms with van der Waals surface area (Å²) in [4.78, 5) is 42.5. The van der Waals surface area contributed by atoms with E-state index in [2.05, 4.69) is 35.8 Å². The van der Waals surface area contributed by atoms with Crippen molar-refractivity contribution in [3.8, 4) is 54.3 Å². The van der Waals surface area contributed by atoms with Gasteiger partial charge in [-0.1, -0.05) is 30.3 Å². The number of nitrogens with zero attached hydrogens (tertiary/aromatic N) is 5. The molecule has 0 unspecified atom stereocenters. The van der Waals surface area contributed by atoms with Gasteiger partial charge in [0, 0.05) is 58.3 Å². The molecule has 0 saturated carbocycles. The predicted octanol–water partition coefficient (Wildman–Crippen LogP) is 5.54. The number of benzene rings is 1. The Labute approximate surface area is 235 Å². The molecule has 0 saturated heterocycles. The van der Waals surface area contributed by atoms with Crippen molar-refractivity contribution in [3.05, 3.63) is 83.2 Å². The van der Waals surface area contributed by atoms with E-state index >= 15 is 0 Å². The number of urea groups is 1. The fourth-order valence-electron chi connectivity index (χ4n) is 3.94. The molecule has 0 aliphatic carbocycles. The van der Waals surface area contributed by atoms with Crippen LogP contribution in [0.4, 0.5) is 10.6 Å². The minimum atomic E-state index is -0.628. The van der Waals surface area contributed by atoms with E-state index in [0.29, 0.717) is 22.2 Å². The number of hydrogen-bond donors (Lipinski definition) is 3. The maximum Gasteiger partial charge on any atom is 0.434 e. The van der Waals surface area contributed by atoms with E-state index in [1.165, 1.54) is 22.7 Å². The molecular formula is C27H20N8O3S2. The van der Waals surface area contributed by atoms with Crippen molar-refractivity contribution in [2.24, 2.45) is 0 Å². The van der Waals surface area contributed by atoms with Crippen LogP contribution < -0.4 is 16.4 Å². The van der Waals surface area contributed by atoms with Crippen molar-refractivity contribution in [1.29, 1.82) is 0 Å². The van der Waals surface area contributed by atoms with Crippen LogP contribution in [0.15, 0.2) is 81.8 Å². The van der Waals surface area contributed by atoms with Crippen molar-refractivity contribution in [3.63, 3.8) is 0 Å². The Morgan fingerprint density at radius 2 is 1.82 bits per heavy atom. The molecule has 198 valence electrons. The highest BCUT2D eigenvalue weighted by Gasteiger charge is 2.17. The molecule has 0 aliphatic rings. The molecule has 1 aromatic carbocycles. The lowest BCUT2D eigenvalue weighted by Gasteiger charge is -2.11. The van der Waals surface area contributed by atoms with Crippen molar-refractivity contribution in [2.75, 3.05) is 11.9 Å². The summed E-state index contributed by atoms with van der Waals surface area (Å²) in [5, 5.41) is 15.1. The molecule has 6 rings (SSSR count). The van der Waals surface area contributed by atoms with E-state index in [9.17, 15) is 9.59 Å². The average molecular weight is 569 g/mol. The van der Waals surface area contributed by atoms with Crippen LogP contribution in [0.3, 0.4) is 0 Å². The number of amides is 2. The van der Waals surface area contributed by atoms with Crippen molar-refractivity contribution in [1.82, 2.24) is 35.5 Å². The number of pyridine rings is 2. The van der Waals surface area contributed by atoms with Crippen LogP contribution >= 0.6 is 22.7 Å². The van der Waals surface area contributed by atoms with Crippen LogP contribution in [-0.2, 0) is 0 Å². The first-order valence-corrected chi connectivity index (χ1v) is 13.8. The maximum atomic E-state index is 12.2. The Balaban J connectivity index is 1.40. The number of anilines is 1. The van der Waals surface area contributed by atoms with Gasteiger partial charge in [0.25, 0.3) is 5.89 Å². The average Bonchev–Trinajstić information content (AvgIpc) is 3.75. The van der Waals surface area contributed by atoms with Crippen LogP contribution in [0.5, 0.6) is 0 Å². The molecular weight excluding hydrogens is 548 g/mol. The molecule has 11 nitrogen and oxygen atoms in total. The van der Waals surface area contributed by atoms with E-state index < -0.39 is 5.76 Å². The molecule has 5 heterocycles. The second-order valence-electron chi connectivity index (χ2n) is 8.41. The van der Waals surface area contributed by atoms with Gasteiger partial charge in [-0.15, -0.1) is 27.8 Å². The summed E-state index contributed by atoms with van der Waals surface area (Å²) >= 11 is 2.83. The van der Waals surface area contributed by atoms with Gasteiger partial charge >= 0.3 is 11.8 Å². The Morgan fingerprint density at radius 1 is 0.975 bits per heavy atom. The summed E-state index contributed by atoms with van der Waals surface area (Å²) in [6, 6.07) is 13.4. The number of hydrogen-bond acceptors (Lipinski definition) is 10. The van der Waals surface area contributed by atoms with Crippen molar-refractivity contribution < 1.29 is 9.21 Å². The van der Waals surface area contributed by atoms with Gasteiger partial charge in [-0.25, -0.2) is 29.6 Å². The zero-order valence-corrected chi connectivity index (χ0v) is 22.5. The minimum absolute atomic E-state index is 0.178. The molecule has 6 aromatic rings. The van der Waals surface area contributed by atoms with Crippen molar-refractivity contribution >= 4 is 34.5 Å². The van der Waals surface area contributed by atoms with Gasteiger partial charge in [0.05, 0.1) is 11.9 Å². The molecule has 3 N–H and O–H groups in total. The normalized spacial score (nSPS) is 10.9. The Morgan fingerprint density at radius 3 is 2.62 bits per heavy atom. The lowest BCUT2D eigenvalue weighted by Crippen LogP contribution is -2.28. The number of nitrogens with one attached hydrogen (secondary N) is 3. The lowest BCUT2D eigenvalue weighted by atomic mass is 10.0. The zero-order chi connectivity index (χ0) is 27.5. The van der Waals surface area contributed by atoms with Crippen LogP contribution in [0.1, 0.15) is 6.92 Å². The fraction of sp³-hybridized carbons (Fsp3) is 0.0741. The summed E-state index contributed by atoms with van der Waals surface area (Å²) in [6.07, 6.45) is 6.75. The summed E-state index contributed by atoms with van der Waals surface area (Å²) in [7, 11) is 0. The summed E-state index contributed by atoms with van der Waals surface area (Å²) in [5.41, 5.74) is 5.02. The Hall–Kier alpha value is -5.01. The molecule has 0 radical (unpaired) electrons. The SMILES string of the molecule is CCNC(=O)Nc1cc(-c2nc(-c3ccccc3)cs2)c(-c2cncc(-c3ncc(-c4n[nH]c(=O)o4)s3)c2)cn1. The quantitative estimate of drug-likeness (QED) is 0.227. The molecule has 0 bridgehead atoms. The highest BCUT2D eigenvalue weighted by atomic mass is 32.1. The summed E-state index contributed by atoms with van der Waals surface area (Å²) in [6.45, 7) is 2.34. The van der Waals surface area contributed by atoms with Gasteiger partial charge in [0.2, 0.25) is 0 Å². The fourth-order valence-corrected chi connectivity index (χ4v) is 5.62. The Bertz CT molecular complexity index is 1860. The van der Waals surface area contributed by atoms with Gasteiger partial charge in [-0.2, -0.15) is 0 Å². The highest BCUT2D eigenvalue weighted by Crippen LogP contribution is 2.38. The van der Waals surface area contributed by atoms with Gasteiger partial charge in [-0.3, -0.25) is 10.3 Å². The van der Waals surface area contributed by atoms with Crippen LogP contribution in [0.2, 0.25) is 0 Å². The Kier molecular flexibility index (Phi) is 6.95. The third kappa shape index (κ3) is 5.28.